The number of rotatable bonds is 7. The zero-order valence-electron chi connectivity index (χ0n) is 16.6. The van der Waals surface area contributed by atoms with Crippen molar-refractivity contribution in [2.75, 3.05) is 0 Å². The molecule has 2 heterocycles. The minimum absolute atomic E-state index is 0.183. The third kappa shape index (κ3) is 4.59. The number of fused-ring (bicyclic) bond motifs is 1. The summed E-state index contributed by atoms with van der Waals surface area (Å²) in [7, 11) is 0. The molecule has 30 heavy (non-hydrogen) atoms. The largest absolute Gasteiger partial charge is 0.489 e. The molecule has 154 valence electrons. The second-order valence-corrected chi connectivity index (χ2v) is 7.17. The van der Waals surface area contributed by atoms with Crippen molar-refractivity contribution in [2.24, 2.45) is 0 Å². The lowest BCUT2D eigenvalue weighted by molar-refractivity contribution is -0.129. The molecule has 0 fully saturated rings. The van der Waals surface area contributed by atoms with Gasteiger partial charge in [-0.2, -0.15) is 0 Å². The molecule has 1 atom stereocenters. The Balaban J connectivity index is 1.40. The molecule has 0 spiro atoms. The van der Waals surface area contributed by atoms with Crippen molar-refractivity contribution in [3.05, 3.63) is 77.5 Å². The van der Waals surface area contributed by atoms with Gasteiger partial charge in [0.05, 0.1) is 11.2 Å². The number of benzene rings is 2. The molecule has 4 rings (SSSR count). The van der Waals surface area contributed by atoms with E-state index < -0.39 is 5.91 Å². The Kier molecular flexibility index (Phi) is 5.92. The summed E-state index contributed by atoms with van der Waals surface area (Å²) in [5.74, 6) is 0.340. The third-order valence-corrected chi connectivity index (χ3v) is 4.94. The van der Waals surface area contributed by atoms with E-state index in [0.29, 0.717) is 13.0 Å². The Morgan fingerprint density at radius 3 is 2.83 bits per heavy atom. The summed E-state index contributed by atoms with van der Waals surface area (Å²) in [5.41, 5.74) is 9.35. The van der Waals surface area contributed by atoms with Gasteiger partial charge in [0.15, 0.2) is 0 Å². The Labute approximate surface area is 174 Å². The van der Waals surface area contributed by atoms with Gasteiger partial charge in [-0.15, -0.1) is 0 Å². The van der Waals surface area contributed by atoms with Crippen LogP contribution in [0.3, 0.4) is 0 Å². The molecule has 1 aliphatic rings. The molecule has 3 aromatic rings. The van der Waals surface area contributed by atoms with Gasteiger partial charge in [-0.1, -0.05) is 18.2 Å². The summed E-state index contributed by atoms with van der Waals surface area (Å²) in [6.07, 6.45) is 2.36. The highest BCUT2D eigenvalue weighted by Gasteiger charge is 2.18. The van der Waals surface area contributed by atoms with Crippen LogP contribution in [0, 0.1) is 6.92 Å². The Morgan fingerprint density at radius 2 is 2.03 bits per heavy atom. The molecule has 1 amide bonds. The second-order valence-electron chi connectivity index (χ2n) is 7.17. The maximum atomic E-state index is 11.1. The van der Waals surface area contributed by atoms with E-state index in [2.05, 4.69) is 22.6 Å². The summed E-state index contributed by atoms with van der Waals surface area (Å²) in [4.78, 5) is 21.2. The zero-order chi connectivity index (χ0) is 20.9. The minimum atomic E-state index is -0.431. The Hall–Kier alpha value is -3.42. The average Bonchev–Trinajstić information content (AvgIpc) is 3.25. The summed E-state index contributed by atoms with van der Waals surface area (Å²) in [6, 6.07) is 17.9. The lowest BCUT2D eigenvalue weighted by atomic mass is 10.1. The number of hydrogen-bond acceptors (Lipinski definition) is 6. The number of ether oxygens (including phenoxy) is 1. The van der Waals surface area contributed by atoms with Crippen LogP contribution >= 0.6 is 0 Å². The summed E-state index contributed by atoms with van der Waals surface area (Å²) in [6.45, 7) is 2.45. The number of pyridine rings is 1. The van der Waals surface area contributed by atoms with Crippen LogP contribution in [0.25, 0.3) is 16.6 Å². The van der Waals surface area contributed by atoms with Crippen LogP contribution in [0.2, 0.25) is 0 Å². The predicted octanol–water partition coefficient (Wildman–Crippen LogP) is 3.65. The van der Waals surface area contributed by atoms with Gasteiger partial charge in [0.1, 0.15) is 18.5 Å². The number of hydroxylamine groups is 2. The van der Waals surface area contributed by atoms with Crippen LogP contribution in [0.15, 0.2) is 60.7 Å². The number of amides is 1. The van der Waals surface area contributed by atoms with Crippen LogP contribution in [0.1, 0.15) is 29.7 Å². The van der Waals surface area contributed by atoms with Crippen molar-refractivity contribution < 1.29 is 19.6 Å². The summed E-state index contributed by atoms with van der Waals surface area (Å²) >= 11 is 0. The number of carbonyl (C=O) groups excluding carboxylic acids is 1. The van der Waals surface area contributed by atoms with E-state index in [1.54, 1.807) is 5.48 Å². The van der Waals surface area contributed by atoms with E-state index in [4.69, 9.17) is 14.8 Å². The maximum Gasteiger partial charge on any atom is 0.243 e. The number of para-hydroxylation sites is 1. The molecule has 1 aromatic heterocycles. The molecule has 0 aliphatic carbocycles. The molecular weight excluding hydrogens is 382 g/mol. The number of nitrogens with one attached hydrogen (secondary N) is 2. The zero-order valence-corrected chi connectivity index (χ0v) is 16.6. The number of aromatic nitrogens is 1. The first kappa shape index (κ1) is 19.9. The van der Waals surface area contributed by atoms with Crippen LogP contribution in [-0.2, 0) is 16.2 Å². The van der Waals surface area contributed by atoms with Crippen molar-refractivity contribution >= 4 is 22.5 Å². The van der Waals surface area contributed by atoms with E-state index in [0.717, 1.165) is 39.2 Å². The highest BCUT2D eigenvalue weighted by Crippen LogP contribution is 2.24. The van der Waals surface area contributed by atoms with Gasteiger partial charge in [0, 0.05) is 23.1 Å². The van der Waals surface area contributed by atoms with Crippen molar-refractivity contribution in [3.63, 3.8) is 0 Å². The lowest BCUT2D eigenvalue weighted by Crippen LogP contribution is -2.21. The lowest BCUT2D eigenvalue weighted by Gasteiger charge is -2.11. The van der Waals surface area contributed by atoms with E-state index >= 15 is 0 Å². The van der Waals surface area contributed by atoms with Crippen molar-refractivity contribution in [3.8, 4) is 5.75 Å². The van der Waals surface area contributed by atoms with Gasteiger partial charge in [-0.05, 0) is 61.4 Å². The fraction of sp³-hybridized carbons (Fsp3) is 0.217. The predicted molar refractivity (Wildman–Crippen MR) is 112 cm³/mol. The molecule has 7 nitrogen and oxygen atoms in total. The first-order valence-corrected chi connectivity index (χ1v) is 9.77. The fourth-order valence-electron chi connectivity index (χ4n) is 3.43. The van der Waals surface area contributed by atoms with Gasteiger partial charge in [0.2, 0.25) is 5.91 Å². The molecule has 0 saturated heterocycles. The first-order chi connectivity index (χ1) is 14.6. The molecular formula is C23H23N3O4. The molecule has 1 unspecified atom stereocenters. The highest BCUT2D eigenvalue weighted by molar-refractivity contribution is 5.82. The minimum Gasteiger partial charge on any atom is -0.489 e. The highest BCUT2D eigenvalue weighted by atomic mass is 16.7. The van der Waals surface area contributed by atoms with Gasteiger partial charge in [0.25, 0.3) is 0 Å². The van der Waals surface area contributed by atoms with Crippen molar-refractivity contribution in [1.29, 1.82) is 0 Å². The standard InChI is InChI=1S/C23H23N3O4/c1-15-12-17(20-4-2-3-5-21(20)24-15)14-29-18-8-6-16(7-9-18)22-13-19(30-26-22)10-11-23(27)25-28/h2-9,12-13,19,26,28H,10-11,14H2,1H3,(H,25,27). The van der Waals surface area contributed by atoms with Crippen molar-refractivity contribution in [2.45, 2.75) is 32.5 Å². The maximum absolute atomic E-state index is 11.1. The van der Waals surface area contributed by atoms with Gasteiger partial charge in [-0.25, -0.2) is 5.48 Å². The number of carbonyl (C=O) groups is 1. The Bertz CT molecular complexity index is 1080. The Morgan fingerprint density at radius 1 is 1.23 bits per heavy atom. The third-order valence-electron chi connectivity index (χ3n) is 4.94. The van der Waals surface area contributed by atoms with E-state index in [-0.39, 0.29) is 12.5 Å². The van der Waals surface area contributed by atoms with E-state index in [1.165, 1.54) is 0 Å². The number of aryl methyl sites for hydroxylation is 1. The quantitative estimate of drug-likeness (QED) is 0.410. The number of nitrogens with zero attached hydrogens (tertiary/aromatic N) is 1. The fourth-order valence-corrected chi connectivity index (χ4v) is 3.43. The molecule has 0 bridgehead atoms. The normalized spacial score (nSPS) is 15.5. The second kappa shape index (κ2) is 8.94. The molecule has 3 N–H and O–H groups in total. The monoisotopic (exact) mass is 405 g/mol. The van der Waals surface area contributed by atoms with Gasteiger partial charge in [-0.3, -0.25) is 25.3 Å². The molecule has 1 aliphatic heterocycles. The topological polar surface area (TPSA) is 92.7 Å². The SMILES string of the molecule is Cc1cc(COc2ccc(C3=CC(CCC(=O)NO)ON3)cc2)c2ccccc2n1. The average molecular weight is 405 g/mol. The van der Waals surface area contributed by atoms with E-state index in [9.17, 15) is 4.79 Å². The van der Waals surface area contributed by atoms with E-state index in [1.807, 2.05) is 55.5 Å². The van der Waals surface area contributed by atoms with Crippen LogP contribution in [-0.4, -0.2) is 22.2 Å². The van der Waals surface area contributed by atoms with Crippen LogP contribution in [0.4, 0.5) is 0 Å². The van der Waals surface area contributed by atoms with Gasteiger partial charge >= 0.3 is 0 Å². The van der Waals surface area contributed by atoms with Crippen LogP contribution < -0.4 is 15.7 Å². The smallest absolute Gasteiger partial charge is 0.243 e. The summed E-state index contributed by atoms with van der Waals surface area (Å²) < 4.78 is 6.00. The molecule has 0 saturated carbocycles. The number of hydrogen-bond donors (Lipinski definition) is 3. The molecule has 7 heteroatoms. The molecule has 2 aromatic carbocycles. The van der Waals surface area contributed by atoms with Crippen molar-refractivity contribution in [1.82, 2.24) is 15.9 Å². The molecule has 0 radical (unpaired) electrons. The van der Waals surface area contributed by atoms with Gasteiger partial charge < -0.3 is 4.74 Å². The summed E-state index contributed by atoms with van der Waals surface area (Å²) in [5, 5.41) is 9.66. The van der Waals surface area contributed by atoms with Crippen LogP contribution in [0.5, 0.6) is 5.75 Å². The first-order valence-electron chi connectivity index (χ1n) is 9.77.